The molecule has 0 aromatic rings. The molecule has 1 heterocycles. The SMILES string of the molecule is CCN(C)C(=O)C1CC(OC)CN1. The molecule has 0 radical (unpaired) electrons. The predicted molar refractivity (Wildman–Crippen MR) is 50.5 cm³/mol. The molecular weight excluding hydrogens is 168 g/mol. The first-order valence-corrected chi connectivity index (χ1v) is 4.70. The summed E-state index contributed by atoms with van der Waals surface area (Å²) in [5, 5.41) is 3.16. The third-order valence-corrected chi connectivity index (χ3v) is 2.57. The first-order valence-electron chi connectivity index (χ1n) is 4.70. The Morgan fingerprint density at radius 3 is 2.85 bits per heavy atom. The van der Waals surface area contributed by atoms with Gasteiger partial charge in [-0.1, -0.05) is 0 Å². The van der Waals surface area contributed by atoms with Crippen molar-refractivity contribution in [2.75, 3.05) is 27.2 Å². The van der Waals surface area contributed by atoms with Gasteiger partial charge in [0.1, 0.15) is 0 Å². The van der Waals surface area contributed by atoms with Crippen molar-refractivity contribution in [3.8, 4) is 0 Å². The molecule has 1 N–H and O–H groups in total. The maximum Gasteiger partial charge on any atom is 0.239 e. The monoisotopic (exact) mass is 186 g/mol. The van der Waals surface area contributed by atoms with Gasteiger partial charge in [-0.05, 0) is 13.3 Å². The van der Waals surface area contributed by atoms with Crippen LogP contribution in [0.3, 0.4) is 0 Å². The van der Waals surface area contributed by atoms with Crippen LogP contribution < -0.4 is 5.32 Å². The Hall–Kier alpha value is -0.610. The maximum atomic E-state index is 11.6. The zero-order chi connectivity index (χ0) is 9.84. The first kappa shape index (κ1) is 10.5. The fourth-order valence-corrected chi connectivity index (χ4v) is 1.49. The Morgan fingerprint density at radius 1 is 1.69 bits per heavy atom. The minimum absolute atomic E-state index is 0.0464. The molecule has 0 aromatic carbocycles. The summed E-state index contributed by atoms with van der Waals surface area (Å²) in [6.45, 7) is 3.51. The molecule has 1 saturated heterocycles. The Kier molecular flexibility index (Phi) is 3.69. The number of hydrogen-bond donors (Lipinski definition) is 1. The van der Waals surface area contributed by atoms with Gasteiger partial charge in [-0.15, -0.1) is 0 Å². The summed E-state index contributed by atoms with van der Waals surface area (Å²) in [7, 11) is 3.51. The van der Waals surface area contributed by atoms with Crippen LogP contribution in [-0.4, -0.2) is 50.2 Å². The third-order valence-electron chi connectivity index (χ3n) is 2.57. The number of hydrogen-bond acceptors (Lipinski definition) is 3. The number of carbonyl (C=O) groups is 1. The number of methoxy groups -OCH3 is 1. The number of rotatable bonds is 3. The van der Waals surface area contributed by atoms with Crippen LogP contribution in [0.25, 0.3) is 0 Å². The van der Waals surface area contributed by atoms with Gasteiger partial charge in [-0.25, -0.2) is 0 Å². The number of likely N-dealkylation sites (N-methyl/N-ethyl adjacent to an activating group) is 1. The Morgan fingerprint density at radius 2 is 2.38 bits per heavy atom. The van der Waals surface area contributed by atoms with E-state index in [4.69, 9.17) is 4.74 Å². The molecule has 0 bridgehead atoms. The van der Waals surface area contributed by atoms with Gasteiger partial charge >= 0.3 is 0 Å². The predicted octanol–water partition coefficient (Wildman–Crippen LogP) is -0.158. The summed E-state index contributed by atoms with van der Waals surface area (Å²) in [6, 6.07) is -0.0464. The van der Waals surface area contributed by atoms with Gasteiger partial charge in [0, 0.05) is 27.2 Å². The third kappa shape index (κ3) is 2.42. The van der Waals surface area contributed by atoms with Crippen molar-refractivity contribution in [3.63, 3.8) is 0 Å². The molecule has 13 heavy (non-hydrogen) atoms. The molecule has 4 heteroatoms. The zero-order valence-corrected chi connectivity index (χ0v) is 8.54. The molecule has 1 amide bonds. The van der Waals surface area contributed by atoms with Crippen LogP contribution in [0.15, 0.2) is 0 Å². The lowest BCUT2D eigenvalue weighted by Gasteiger charge is -2.19. The summed E-state index contributed by atoms with van der Waals surface area (Å²) >= 11 is 0. The summed E-state index contributed by atoms with van der Waals surface area (Å²) < 4.78 is 5.17. The van der Waals surface area contributed by atoms with Crippen molar-refractivity contribution in [1.29, 1.82) is 0 Å². The second kappa shape index (κ2) is 4.58. The van der Waals surface area contributed by atoms with Crippen molar-refractivity contribution in [2.45, 2.75) is 25.5 Å². The van der Waals surface area contributed by atoms with Crippen molar-refractivity contribution in [1.82, 2.24) is 10.2 Å². The molecule has 2 unspecified atom stereocenters. The minimum Gasteiger partial charge on any atom is -0.380 e. The van der Waals surface area contributed by atoms with E-state index >= 15 is 0 Å². The van der Waals surface area contributed by atoms with Crippen molar-refractivity contribution in [2.24, 2.45) is 0 Å². The lowest BCUT2D eigenvalue weighted by Crippen LogP contribution is -2.41. The van der Waals surface area contributed by atoms with Crippen molar-refractivity contribution in [3.05, 3.63) is 0 Å². The van der Waals surface area contributed by atoms with Gasteiger partial charge in [0.25, 0.3) is 0 Å². The summed E-state index contributed by atoms with van der Waals surface area (Å²) in [4.78, 5) is 13.4. The van der Waals surface area contributed by atoms with E-state index < -0.39 is 0 Å². The smallest absolute Gasteiger partial charge is 0.239 e. The highest BCUT2D eigenvalue weighted by atomic mass is 16.5. The number of nitrogens with one attached hydrogen (secondary N) is 1. The van der Waals surface area contributed by atoms with Gasteiger partial charge in [0.15, 0.2) is 0 Å². The first-order chi connectivity index (χ1) is 6.19. The molecule has 76 valence electrons. The van der Waals surface area contributed by atoms with Crippen molar-refractivity contribution < 1.29 is 9.53 Å². The van der Waals surface area contributed by atoms with E-state index in [9.17, 15) is 4.79 Å². The molecule has 0 saturated carbocycles. The molecule has 0 spiro atoms. The van der Waals surface area contributed by atoms with Crippen LogP contribution >= 0.6 is 0 Å². The minimum atomic E-state index is -0.0464. The van der Waals surface area contributed by atoms with Crippen LogP contribution in [0.5, 0.6) is 0 Å². The quantitative estimate of drug-likeness (QED) is 0.666. The number of amides is 1. The summed E-state index contributed by atoms with van der Waals surface area (Å²) in [5.74, 6) is 0.169. The molecule has 1 rings (SSSR count). The largest absolute Gasteiger partial charge is 0.380 e. The van der Waals surface area contributed by atoms with E-state index in [1.54, 1.807) is 12.0 Å². The van der Waals surface area contributed by atoms with Crippen LogP contribution in [0, 0.1) is 0 Å². The van der Waals surface area contributed by atoms with E-state index in [1.807, 2.05) is 14.0 Å². The fourth-order valence-electron chi connectivity index (χ4n) is 1.49. The van der Waals surface area contributed by atoms with E-state index in [1.165, 1.54) is 0 Å². The Balaban J connectivity index is 2.41. The lowest BCUT2D eigenvalue weighted by molar-refractivity contribution is -0.131. The van der Waals surface area contributed by atoms with Crippen LogP contribution in [0.4, 0.5) is 0 Å². The van der Waals surface area contributed by atoms with Gasteiger partial charge < -0.3 is 15.0 Å². The molecule has 2 atom stereocenters. The number of nitrogens with zero attached hydrogens (tertiary/aromatic N) is 1. The van der Waals surface area contributed by atoms with E-state index in [0.717, 1.165) is 19.5 Å². The molecule has 4 nitrogen and oxygen atoms in total. The van der Waals surface area contributed by atoms with Gasteiger partial charge in [0.2, 0.25) is 5.91 Å². The zero-order valence-electron chi connectivity index (χ0n) is 8.54. The van der Waals surface area contributed by atoms with Crippen molar-refractivity contribution >= 4 is 5.91 Å². The molecule has 0 aliphatic carbocycles. The van der Waals surface area contributed by atoms with Crippen LogP contribution in [-0.2, 0) is 9.53 Å². The highest BCUT2D eigenvalue weighted by Gasteiger charge is 2.30. The standard InChI is InChI=1S/C9H18N2O2/c1-4-11(2)9(12)8-5-7(13-3)6-10-8/h7-8,10H,4-6H2,1-3H3. The highest BCUT2D eigenvalue weighted by Crippen LogP contribution is 2.11. The lowest BCUT2D eigenvalue weighted by atomic mass is 10.2. The Bertz CT molecular complexity index is 184. The van der Waals surface area contributed by atoms with Gasteiger partial charge in [-0.2, -0.15) is 0 Å². The molecule has 1 aliphatic heterocycles. The van der Waals surface area contributed by atoms with Gasteiger partial charge in [-0.3, -0.25) is 4.79 Å². The van der Waals surface area contributed by atoms with E-state index in [2.05, 4.69) is 5.32 Å². The summed E-state index contributed by atoms with van der Waals surface area (Å²) in [5.41, 5.74) is 0. The van der Waals surface area contributed by atoms with E-state index in [-0.39, 0.29) is 18.1 Å². The second-order valence-corrected chi connectivity index (χ2v) is 3.41. The normalized spacial score (nSPS) is 27.6. The average Bonchev–Trinajstić information content (AvgIpc) is 2.63. The maximum absolute atomic E-state index is 11.6. The molecule has 0 aromatic heterocycles. The average molecular weight is 186 g/mol. The number of ether oxygens (including phenoxy) is 1. The highest BCUT2D eigenvalue weighted by molar-refractivity contribution is 5.82. The van der Waals surface area contributed by atoms with E-state index in [0.29, 0.717) is 0 Å². The number of carbonyl (C=O) groups excluding carboxylic acids is 1. The fraction of sp³-hybridized carbons (Fsp3) is 0.889. The van der Waals surface area contributed by atoms with Crippen LogP contribution in [0.2, 0.25) is 0 Å². The topological polar surface area (TPSA) is 41.6 Å². The van der Waals surface area contributed by atoms with Gasteiger partial charge in [0.05, 0.1) is 12.1 Å². The summed E-state index contributed by atoms with van der Waals surface area (Å²) in [6.07, 6.45) is 0.985. The molecule has 1 fully saturated rings. The Labute approximate surface area is 79.2 Å². The second-order valence-electron chi connectivity index (χ2n) is 3.41. The molecule has 1 aliphatic rings. The molecular formula is C9H18N2O2. The van der Waals surface area contributed by atoms with Crippen LogP contribution in [0.1, 0.15) is 13.3 Å².